The van der Waals surface area contributed by atoms with E-state index in [1.807, 2.05) is 0 Å². The fraction of sp³-hybridized carbons (Fsp3) is 0.350. The largest absolute Gasteiger partial charge is 0.493 e. The number of halogens is 5. The van der Waals surface area contributed by atoms with Gasteiger partial charge in [-0.1, -0.05) is 6.07 Å². The lowest BCUT2D eigenvalue weighted by molar-refractivity contribution is -0.261. The number of methoxy groups -OCH3 is 1. The average molecular weight is 459 g/mol. The topological polar surface area (TPSA) is 104 Å². The Labute approximate surface area is 178 Å². The molecular weight excluding hydrogens is 441 g/mol. The Kier molecular flexibility index (Phi) is 6.09. The molecule has 1 unspecified atom stereocenters. The van der Waals surface area contributed by atoms with Crippen LogP contribution in [0.1, 0.15) is 35.3 Å². The van der Waals surface area contributed by atoms with Crippen LogP contribution in [-0.4, -0.2) is 41.8 Å². The third-order valence-corrected chi connectivity index (χ3v) is 5.18. The van der Waals surface area contributed by atoms with Crippen molar-refractivity contribution in [2.45, 2.75) is 37.1 Å². The minimum Gasteiger partial charge on any atom is -0.493 e. The normalized spacial score (nSPS) is 23.1. The van der Waals surface area contributed by atoms with Crippen molar-refractivity contribution in [2.75, 3.05) is 12.4 Å². The number of carbonyl (C=O) groups is 2. The number of nitrogens with one attached hydrogen (secondary N) is 1. The third kappa shape index (κ3) is 4.22. The molecule has 1 saturated heterocycles. The van der Waals surface area contributed by atoms with Crippen LogP contribution in [0.3, 0.4) is 0 Å². The van der Waals surface area contributed by atoms with Gasteiger partial charge in [-0.2, -0.15) is 17.6 Å². The van der Waals surface area contributed by atoms with Gasteiger partial charge in [0.05, 0.1) is 7.11 Å². The molecule has 0 spiro atoms. The molecule has 2 aromatic rings. The van der Waals surface area contributed by atoms with Crippen LogP contribution in [-0.2, 0) is 9.53 Å². The smallest absolute Gasteiger partial charge is 0.417 e. The summed E-state index contributed by atoms with van der Waals surface area (Å²) in [6, 6.07) is 4.19. The first-order valence-corrected chi connectivity index (χ1v) is 9.21. The Morgan fingerprint density at radius 3 is 2.56 bits per heavy atom. The van der Waals surface area contributed by atoms with Crippen molar-refractivity contribution >= 4 is 17.5 Å². The second-order valence-corrected chi connectivity index (χ2v) is 7.34. The molecule has 12 heteroatoms. The molecule has 1 aliphatic rings. The maximum absolute atomic E-state index is 14.2. The highest BCUT2D eigenvalue weighted by Gasteiger charge is 2.61. The molecule has 3 atom stereocenters. The van der Waals surface area contributed by atoms with Gasteiger partial charge in [0.25, 0.3) is 11.8 Å². The summed E-state index contributed by atoms with van der Waals surface area (Å²) in [6.45, 7) is 0.761. The van der Waals surface area contributed by atoms with Crippen LogP contribution in [0.5, 0.6) is 5.75 Å². The van der Waals surface area contributed by atoms with Gasteiger partial charge in [0.2, 0.25) is 5.82 Å². The molecule has 0 radical (unpaired) electrons. The van der Waals surface area contributed by atoms with E-state index in [1.54, 1.807) is 0 Å². The van der Waals surface area contributed by atoms with Crippen molar-refractivity contribution in [1.29, 1.82) is 0 Å². The molecule has 2 amide bonds. The summed E-state index contributed by atoms with van der Waals surface area (Å²) < 4.78 is 78.9. The summed E-state index contributed by atoms with van der Waals surface area (Å²) in [4.78, 5) is 27.9. The number of aromatic nitrogens is 1. The molecule has 32 heavy (non-hydrogen) atoms. The van der Waals surface area contributed by atoms with Crippen LogP contribution in [0.4, 0.5) is 27.6 Å². The SMILES string of the molecule is COc1c([C@@H]2C[C@](C)(C(F)(F)F)OC2C(=O)Nc2ccnc(C(N)=O)c2)ccc(F)c1F. The summed E-state index contributed by atoms with van der Waals surface area (Å²) in [6.07, 6.45) is -6.19. The average Bonchev–Trinajstić information content (AvgIpc) is 3.09. The van der Waals surface area contributed by atoms with E-state index in [2.05, 4.69) is 10.3 Å². The van der Waals surface area contributed by atoms with E-state index in [0.717, 1.165) is 32.2 Å². The van der Waals surface area contributed by atoms with Crippen LogP contribution < -0.4 is 15.8 Å². The van der Waals surface area contributed by atoms with Crippen molar-refractivity contribution in [3.05, 3.63) is 53.4 Å². The van der Waals surface area contributed by atoms with Gasteiger partial charge in [-0.15, -0.1) is 0 Å². The van der Waals surface area contributed by atoms with Crippen LogP contribution in [0.2, 0.25) is 0 Å². The minimum atomic E-state index is -4.86. The number of ether oxygens (including phenoxy) is 2. The number of benzene rings is 1. The molecule has 7 nitrogen and oxygen atoms in total. The number of pyridine rings is 1. The van der Waals surface area contributed by atoms with Crippen LogP contribution in [0, 0.1) is 11.6 Å². The monoisotopic (exact) mass is 459 g/mol. The highest BCUT2D eigenvalue weighted by atomic mass is 19.4. The highest BCUT2D eigenvalue weighted by molar-refractivity contribution is 5.97. The number of primary amides is 1. The predicted molar refractivity (Wildman–Crippen MR) is 101 cm³/mol. The van der Waals surface area contributed by atoms with E-state index < -0.39 is 59.4 Å². The van der Waals surface area contributed by atoms with Gasteiger partial charge in [0.15, 0.2) is 17.2 Å². The molecule has 1 aromatic carbocycles. The lowest BCUT2D eigenvalue weighted by atomic mass is 9.85. The fourth-order valence-corrected chi connectivity index (χ4v) is 3.53. The molecule has 3 rings (SSSR count). The summed E-state index contributed by atoms with van der Waals surface area (Å²) in [5.41, 5.74) is 2.07. The van der Waals surface area contributed by atoms with E-state index >= 15 is 0 Å². The Hall–Kier alpha value is -3.28. The molecule has 3 N–H and O–H groups in total. The summed E-state index contributed by atoms with van der Waals surface area (Å²) in [5.74, 6) is -6.50. The minimum absolute atomic E-state index is 0.0269. The van der Waals surface area contributed by atoms with Crippen molar-refractivity contribution in [1.82, 2.24) is 4.98 Å². The Bertz CT molecular complexity index is 1060. The van der Waals surface area contributed by atoms with Crippen molar-refractivity contribution in [3.63, 3.8) is 0 Å². The molecule has 0 aliphatic carbocycles. The van der Waals surface area contributed by atoms with Crippen LogP contribution in [0.25, 0.3) is 0 Å². The zero-order valence-corrected chi connectivity index (χ0v) is 16.8. The maximum atomic E-state index is 14.2. The zero-order valence-electron chi connectivity index (χ0n) is 16.8. The molecule has 0 saturated carbocycles. The molecule has 0 bridgehead atoms. The van der Waals surface area contributed by atoms with Gasteiger partial charge in [-0.3, -0.25) is 14.6 Å². The van der Waals surface area contributed by atoms with E-state index in [-0.39, 0.29) is 16.9 Å². The van der Waals surface area contributed by atoms with Gasteiger partial charge in [-0.25, -0.2) is 4.39 Å². The zero-order chi connectivity index (χ0) is 23.8. The number of alkyl halides is 3. The summed E-state index contributed by atoms with van der Waals surface area (Å²) >= 11 is 0. The van der Waals surface area contributed by atoms with E-state index in [4.69, 9.17) is 15.2 Å². The lowest BCUT2D eigenvalue weighted by Gasteiger charge is -2.27. The van der Waals surface area contributed by atoms with Crippen molar-refractivity contribution in [2.24, 2.45) is 5.73 Å². The first kappa shape index (κ1) is 23.4. The third-order valence-electron chi connectivity index (χ3n) is 5.18. The molecular formula is C20H18F5N3O4. The van der Waals surface area contributed by atoms with E-state index in [0.29, 0.717) is 0 Å². The molecule has 1 fully saturated rings. The molecule has 172 valence electrons. The number of hydrogen-bond donors (Lipinski definition) is 2. The number of anilines is 1. The van der Waals surface area contributed by atoms with Gasteiger partial charge >= 0.3 is 6.18 Å². The maximum Gasteiger partial charge on any atom is 0.417 e. The second-order valence-electron chi connectivity index (χ2n) is 7.34. The Morgan fingerprint density at radius 2 is 1.97 bits per heavy atom. The van der Waals surface area contributed by atoms with Crippen molar-refractivity contribution < 1.29 is 41.0 Å². The Morgan fingerprint density at radius 1 is 1.28 bits per heavy atom. The summed E-state index contributed by atoms with van der Waals surface area (Å²) in [5, 5.41) is 2.34. The number of nitrogens with two attached hydrogens (primary N) is 1. The van der Waals surface area contributed by atoms with Gasteiger partial charge in [0, 0.05) is 23.4 Å². The standard InChI is InChI=1S/C20H18F5N3O4/c1-19(20(23,24)25)8-11(10-3-4-12(21)14(22)15(10)31-2)16(32-19)18(30)28-9-5-6-27-13(7-9)17(26)29/h3-7,11,16H,8H2,1-2H3,(H2,26,29)(H,27,28,30)/t11-,16?,19+/m0/s1. The van der Waals surface area contributed by atoms with E-state index in [1.165, 1.54) is 12.3 Å². The van der Waals surface area contributed by atoms with Crippen molar-refractivity contribution in [3.8, 4) is 5.75 Å². The van der Waals surface area contributed by atoms with E-state index in [9.17, 15) is 31.5 Å². The molecule has 1 aliphatic heterocycles. The summed E-state index contributed by atoms with van der Waals surface area (Å²) in [7, 11) is 1.03. The number of nitrogens with zero attached hydrogens (tertiary/aromatic N) is 1. The van der Waals surface area contributed by atoms with Gasteiger partial charge in [-0.05, 0) is 31.5 Å². The first-order chi connectivity index (χ1) is 14.9. The number of hydrogen-bond acceptors (Lipinski definition) is 5. The Balaban J connectivity index is 2.01. The lowest BCUT2D eigenvalue weighted by Crippen LogP contribution is -2.43. The second kappa shape index (κ2) is 8.34. The molecule has 1 aromatic heterocycles. The van der Waals surface area contributed by atoms with Crippen LogP contribution >= 0.6 is 0 Å². The quantitative estimate of drug-likeness (QED) is 0.668. The van der Waals surface area contributed by atoms with Crippen LogP contribution in [0.15, 0.2) is 30.5 Å². The number of rotatable bonds is 5. The fourth-order valence-electron chi connectivity index (χ4n) is 3.53. The number of amides is 2. The number of carbonyl (C=O) groups excluding carboxylic acids is 2. The first-order valence-electron chi connectivity index (χ1n) is 9.21. The highest BCUT2D eigenvalue weighted by Crippen LogP contribution is 2.51. The molecule has 2 heterocycles. The van der Waals surface area contributed by atoms with Gasteiger partial charge < -0.3 is 20.5 Å². The van der Waals surface area contributed by atoms with Gasteiger partial charge in [0.1, 0.15) is 11.8 Å². The predicted octanol–water partition coefficient (Wildman–Crippen LogP) is 3.30.